The summed E-state index contributed by atoms with van der Waals surface area (Å²) in [4.78, 5) is 44.5. The van der Waals surface area contributed by atoms with E-state index in [1.165, 1.54) is 24.3 Å². The standard InChI is InChI=1S/C30H33ClF3N3O4/c1-2-37(29(40)41-24-9-7-23(32)8-10-24)26-18-36(17-25(26)19-3-5-22(31)6-4-19)27(38)20-11-13-35(14-12-20)28(39)21-15-30(33,34)16-21/h3-10,20-21,25-26H,2,11-18H2,1H3. The monoisotopic (exact) mass is 591 g/mol. The van der Waals surface area contributed by atoms with Crippen LogP contribution >= 0.6 is 11.6 Å². The minimum absolute atomic E-state index is 0.0447. The predicted molar refractivity (Wildman–Crippen MR) is 146 cm³/mol. The van der Waals surface area contributed by atoms with E-state index in [0.29, 0.717) is 50.6 Å². The third kappa shape index (κ3) is 6.47. The van der Waals surface area contributed by atoms with Crippen LogP contribution in [0.4, 0.5) is 18.0 Å². The number of likely N-dealkylation sites (N-methyl/N-ethyl adjacent to an activating group) is 1. The second-order valence-corrected chi connectivity index (χ2v) is 11.6. The summed E-state index contributed by atoms with van der Waals surface area (Å²) in [5, 5.41) is 0.575. The second-order valence-electron chi connectivity index (χ2n) is 11.1. The quantitative estimate of drug-likeness (QED) is 0.440. The Morgan fingerprint density at radius 3 is 2.12 bits per heavy atom. The molecule has 0 aromatic heterocycles. The van der Waals surface area contributed by atoms with Gasteiger partial charge in [0.2, 0.25) is 17.7 Å². The maximum Gasteiger partial charge on any atom is 0.415 e. The van der Waals surface area contributed by atoms with Crippen molar-refractivity contribution in [1.82, 2.24) is 14.7 Å². The van der Waals surface area contributed by atoms with Crippen LogP contribution < -0.4 is 4.74 Å². The lowest BCUT2D eigenvalue weighted by atomic mass is 9.80. The SMILES string of the molecule is CCN(C(=O)Oc1ccc(F)cc1)C1CN(C(=O)C2CCN(C(=O)C3CC(F)(F)C3)CC2)CC1c1ccc(Cl)cc1. The molecule has 2 heterocycles. The molecule has 0 spiro atoms. The van der Waals surface area contributed by atoms with Crippen LogP contribution in [0.25, 0.3) is 0 Å². The fraction of sp³-hybridized carbons (Fsp3) is 0.500. The lowest BCUT2D eigenvalue weighted by molar-refractivity contribution is -0.161. The summed E-state index contributed by atoms with van der Waals surface area (Å²) in [6.07, 6.45) is -0.465. The van der Waals surface area contributed by atoms with E-state index in [1.807, 2.05) is 19.1 Å². The number of carbonyl (C=O) groups excluding carboxylic acids is 3. The Hall–Kier alpha value is -3.27. The molecule has 3 fully saturated rings. The molecule has 2 aliphatic heterocycles. The molecular formula is C30H33ClF3N3O4. The van der Waals surface area contributed by atoms with Crippen LogP contribution in [0.5, 0.6) is 5.75 Å². The lowest BCUT2D eigenvalue weighted by Crippen LogP contribution is -2.50. The molecule has 5 rings (SSSR count). The van der Waals surface area contributed by atoms with Crippen LogP contribution in [0.1, 0.15) is 44.1 Å². The molecule has 1 saturated carbocycles. The number of rotatable bonds is 6. The van der Waals surface area contributed by atoms with Crippen LogP contribution in [0.3, 0.4) is 0 Å². The van der Waals surface area contributed by atoms with Crippen molar-refractivity contribution in [2.75, 3.05) is 32.7 Å². The number of benzene rings is 2. The van der Waals surface area contributed by atoms with Gasteiger partial charge in [0.15, 0.2) is 0 Å². The maximum absolute atomic E-state index is 13.7. The first kappa shape index (κ1) is 29.2. The molecule has 0 bridgehead atoms. The largest absolute Gasteiger partial charge is 0.415 e. The Labute approximate surface area is 242 Å². The molecule has 2 aromatic carbocycles. The number of piperidine rings is 1. The highest BCUT2D eigenvalue weighted by molar-refractivity contribution is 6.30. The van der Waals surface area contributed by atoms with Gasteiger partial charge in [-0.3, -0.25) is 9.59 Å². The van der Waals surface area contributed by atoms with Crippen molar-refractivity contribution in [1.29, 1.82) is 0 Å². The third-order valence-electron chi connectivity index (χ3n) is 8.49. The van der Waals surface area contributed by atoms with E-state index >= 15 is 0 Å². The topological polar surface area (TPSA) is 70.2 Å². The summed E-state index contributed by atoms with van der Waals surface area (Å²) in [5.41, 5.74) is 0.931. The van der Waals surface area contributed by atoms with E-state index in [0.717, 1.165) is 5.56 Å². The molecular weight excluding hydrogens is 559 g/mol. The zero-order valence-electron chi connectivity index (χ0n) is 22.8. The summed E-state index contributed by atoms with van der Waals surface area (Å²) in [5.74, 6) is -4.39. The van der Waals surface area contributed by atoms with Gasteiger partial charge in [0.05, 0.1) is 6.04 Å². The van der Waals surface area contributed by atoms with Crippen LogP contribution in [0, 0.1) is 17.7 Å². The number of hydrogen-bond acceptors (Lipinski definition) is 4. The van der Waals surface area contributed by atoms with Crippen LogP contribution in [-0.2, 0) is 9.59 Å². The van der Waals surface area contributed by atoms with Gasteiger partial charge in [-0.15, -0.1) is 0 Å². The zero-order valence-corrected chi connectivity index (χ0v) is 23.5. The fourth-order valence-corrected chi connectivity index (χ4v) is 6.31. The molecule has 11 heteroatoms. The molecule has 220 valence electrons. The molecule has 7 nitrogen and oxygen atoms in total. The van der Waals surface area contributed by atoms with E-state index in [2.05, 4.69) is 0 Å². The molecule has 2 atom stereocenters. The van der Waals surface area contributed by atoms with Gasteiger partial charge in [-0.05, 0) is 61.7 Å². The lowest BCUT2D eigenvalue weighted by Gasteiger charge is -2.40. The highest BCUT2D eigenvalue weighted by Gasteiger charge is 2.50. The normalized spacial score (nSPS) is 22.8. The maximum atomic E-state index is 13.7. The summed E-state index contributed by atoms with van der Waals surface area (Å²) in [6, 6.07) is 12.2. The van der Waals surface area contributed by atoms with E-state index in [9.17, 15) is 27.6 Å². The molecule has 41 heavy (non-hydrogen) atoms. The molecule has 3 aliphatic rings. The van der Waals surface area contributed by atoms with Crippen molar-refractivity contribution in [2.45, 2.75) is 50.5 Å². The number of alkyl halides is 2. The van der Waals surface area contributed by atoms with Crippen molar-refractivity contribution >= 4 is 29.5 Å². The van der Waals surface area contributed by atoms with Gasteiger partial charge in [0.25, 0.3) is 0 Å². The summed E-state index contributed by atoms with van der Waals surface area (Å²) < 4.78 is 45.4. The van der Waals surface area contributed by atoms with Crippen molar-refractivity contribution in [3.63, 3.8) is 0 Å². The van der Waals surface area contributed by atoms with Crippen molar-refractivity contribution < 1.29 is 32.3 Å². The van der Waals surface area contributed by atoms with Gasteiger partial charge in [-0.2, -0.15) is 0 Å². The summed E-state index contributed by atoms with van der Waals surface area (Å²) in [6.45, 7) is 3.58. The molecule has 3 amide bonds. The molecule has 2 aromatic rings. The predicted octanol–water partition coefficient (Wildman–Crippen LogP) is 5.58. The van der Waals surface area contributed by atoms with Crippen LogP contribution in [0.2, 0.25) is 5.02 Å². The highest BCUT2D eigenvalue weighted by atomic mass is 35.5. The Bertz CT molecular complexity index is 1260. The number of halogens is 4. The summed E-state index contributed by atoms with van der Waals surface area (Å²) >= 11 is 6.12. The average molecular weight is 592 g/mol. The number of amides is 3. The number of hydrogen-bond donors (Lipinski definition) is 0. The first-order chi connectivity index (χ1) is 19.5. The zero-order chi connectivity index (χ0) is 29.3. The van der Waals surface area contributed by atoms with E-state index < -0.39 is 36.6 Å². The van der Waals surface area contributed by atoms with Gasteiger partial charge in [-0.1, -0.05) is 23.7 Å². The second kappa shape index (κ2) is 11.9. The third-order valence-corrected chi connectivity index (χ3v) is 8.74. The van der Waals surface area contributed by atoms with Gasteiger partial charge in [0, 0.05) is 68.3 Å². The van der Waals surface area contributed by atoms with Crippen molar-refractivity contribution in [2.24, 2.45) is 11.8 Å². The van der Waals surface area contributed by atoms with Gasteiger partial charge < -0.3 is 19.4 Å². The minimum atomic E-state index is -2.75. The van der Waals surface area contributed by atoms with Crippen LogP contribution in [0.15, 0.2) is 48.5 Å². The number of nitrogens with zero attached hydrogens (tertiary/aromatic N) is 3. The molecule has 2 saturated heterocycles. The Balaban J connectivity index is 1.27. The van der Waals surface area contributed by atoms with E-state index in [1.54, 1.807) is 26.8 Å². The van der Waals surface area contributed by atoms with Crippen molar-refractivity contribution in [3.05, 3.63) is 64.9 Å². The van der Waals surface area contributed by atoms with Gasteiger partial charge >= 0.3 is 6.09 Å². The first-order valence-corrected chi connectivity index (χ1v) is 14.4. The van der Waals surface area contributed by atoms with Crippen LogP contribution in [-0.4, -0.2) is 77.3 Å². The molecule has 0 radical (unpaired) electrons. The molecule has 0 N–H and O–H groups in total. The minimum Gasteiger partial charge on any atom is -0.410 e. The Morgan fingerprint density at radius 1 is 0.927 bits per heavy atom. The first-order valence-electron chi connectivity index (χ1n) is 14.0. The van der Waals surface area contributed by atoms with Gasteiger partial charge in [0.1, 0.15) is 11.6 Å². The number of ether oxygens (including phenoxy) is 1. The smallest absolute Gasteiger partial charge is 0.410 e. The molecule has 2 unspecified atom stereocenters. The Kier molecular flexibility index (Phi) is 8.50. The summed E-state index contributed by atoms with van der Waals surface area (Å²) in [7, 11) is 0. The average Bonchev–Trinajstić information content (AvgIpc) is 3.38. The fourth-order valence-electron chi connectivity index (χ4n) is 6.18. The highest BCUT2D eigenvalue weighted by Crippen LogP contribution is 2.43. The number of carbonyl (C=O) groups is 3. The van der Waals surface area contributed by atoms with Gasteiger partial charge in [-0.25, -0.2) is 18.0 Å². The molecule has 1 aliphatic carbocycles. The number of likely N-dealkylation sites (tertiary alicyclic amines) is 2. The van der Waals surface area contributed by atoms with E-state index in [4.69, 9.17) is 16.3 Å². The van der Waals surface area contributed by atoms with Crippen molar-refractivity contribution in [3.8, 4) is 5.75 Å². The Morgan fingerprint density at radius 2 is 1.54 bits per heavy atom. The van der Waals surface area contributed by atoms with E-state index in [-0.39, 0.29) is 35.4 Å².